The molecule has 1 atom stereocenters. The van der Waals surface area contributed by atoms with Gasteiger partial charge in [-0.1, -0.05) is 6.07 Å². The topological polar surface area (TPSA) is 26.0 Å². The van der Waals surface area contributed by atoms with E-state index in [0.717, 1.165) is 0 Å². The number of hydrogen-bond donors (Lipinski definition) is 1. The predicted molar refractivity (Wildman–Crippen MR) is 53.4 cm³/mol. The summed E-state index contributed by atoms with van der Waals surface area (Å²) in [6.07, 6.45) is -5.41. The van der Waals surface area contributed by atoms with E-state index in [4.69, 9.17) is 5.73 Å². The normalized spacial score (nSPS) is 13.9. The molecular formula is C11H13F4N. The number of aryl methyl sites for hydroxylation is 1. The monoisotopic (exact) mass is 235 g/mol. The maximum absolute atomic E-state index is 12.9. The van der Waals surface area contributed by atoms with Crippen molar-refractivity contribution in [3.8, 4) is 0 Å². The van der Waals surface area contributed by atoms with Crippen LogP contribution in [0.4, 0.5) is 17.6 Å². The molecule has 0 fully saturated rings. The molecule has 90 valence electrons. The van der Waals surface area contributed by atoms with Gasteiger partial charge in [0.25, 0.3) is 0 Å². The Balaban J connectivity index is 2.73. The fourth-order valence-electron chi connectivity index (χ4n) is 1.49. The minimum Gasteiger partial charge on any atom is -0.324 e. The van der Waals surface area contributed by atoms with E-state index < -0.39 is 24.5 Å². The standard InChI is InChI=1S/C11H13F4N/c1-7-2-3-8(12)6-9(7)10(16)4-5-11(13,14)15/h2-3,6,10H,4-5,16H2,1H3/t10-/m0/s1. The van der Waals surface area contributed by atoms with Crippen molar-refractivity contribution in [1.29, 1.82) is 0 Å². The molecule has 0 amide bonds. The Bertz CT molecular complexity index is 359. The van der Waals surface area contributed by atoms with E-state index in [-0.39, 0.29) is 6.42 Å². The average molecular weight is 235 g/mol. The maximum Gasteiger partial charge on any atom is 0.389 e. The highest BCUT2D eigenvalue weighted by atomic mass is 19.4. The summed E-state index contributed by atoms with van der Waals surface area (Å²) in [4.78, 5) is 0. The van der Waals surface area contributed by atoms with E-state index in [9.17, 15) is 17.6 Å². The first-order valence-electron chi connectivity index (χ1n) is 4.88. The van der Waals surface area contributed by atoms with Crippen LogP contribution in [0.5, 0.6) is 0 Å². The van der Waals surface area contributed by atoms with E-state index in [0.29, 0.717) is 11.1 Å². The first-order valence-corrected chi connectivity index (χ1v) is 4.88. The molecule has 0 aromatic heterocycles. The third kappa shape index (κ3) is 3.81. The first kappa shape index (κ1) is 13.0. The Morgan fingerprint density at radius 1 is 1.31 bits per heavy atom. The van der Waals surface area contributed by atoms with Crippen molar-refractivity contribution < 1.29 is 17.6 Å². The summed E-state index contributed by atoms with van der Waals surface area (Å²) in [5, 5.41) is 0. The summed E-state index contributed by atoms with van der Waals surface area (Å²) < 4.78 is 48.8. The molecule has 0 spiro atoms. The van der Waals surface area contributed by atoms with E-state index >= 15 is 0 Å². The van der Waals surface area contributed by atoms with Crippen LogP contribution in [0.25, 0.3) is 0 Å². The van der Waals surface area contributed by atoms with Gasteiger partial charge >= 0.3 is 6.18 Å². The molecule has 0 bridgehead atoms. The molecule has 1 aromatic carbocycles. The lowest BCUT2D eigenvalue weighted by Gasteiger charge is -2.15. The number of nitrogens with two attached hydrogens (primary N) is 1. The van der Waals surface area contributed by atoms with Gasteiger partial charge in [-0.25, -0.2) is 4.39 Å². The van der Waals surface area contributed by atoms with Crippen LogP contribution in [0.1, 0.15) is 30.0 Å². The lowest BCUT2D eigenvalue weighted by Crippen LogP contribution is -2.16. The second-order valence-corrected chi connectivity index (χ2v) is 3.76. The summed E-state index contributed by atoms with van der Waals surface area (Å²) in [5.74, 6) is -0.483. The molecular weight excluding hydrogens is 222 g/mol. The van der Waals surface area contributed by atoms with Crippen LogP contribution in [0.3, 0.4) is 0 Å². The third-order valence-electron chi connectivity index (χ3n) is 2.38. The second kappa shape index (κ2) is 4.82. The van der Waals surface area contributed by atoms with Crippen molar-refractivity contribution >= 4 is 0 Å². The summed E-state index contributed by atoms with van der Waals surface area (Å²) in [6.45, 7) is 1.70. The Labute approximate surface area is 91.3 Å². The SMILES string of the molecule is Cc1ccc(F)cc1[C@@H](N)CCC(F)(F)F. The van der Waals surface area contributed by atoms with E-state index in [1.54, 1.807) is 6.92 Å². The summed E-state index contributed by atoms with van der Waals surface area (Å²) in [6, 6.07) is 3.18. The van der Waals surface area contributed by atoms with Crippen molar-refractivity contribution in [3.05, 3.63) is 35.1 Å². The second-order valence-electron chi connectivity index (χ2n) is 3.76. The molecule has 0 radical (unpaired) electrons. The molecule has 0 saturated carbocycles. The summed E-state index contributed by atoms with van der Waals surface area (Å²) in [5.41, 5.74) is 6.74. The lowest BCUT2D eigenvalue weighted by molar-refractivity contribution is -0.136. The zero-order valence-electron chi connectivity index (χ0n) is 8.81. The number of halogens is 4. The van der Waals surface area contributed by atoms with Crippen molar-refractivity contribution in [2.24, 2.45) is 5.73 Å². The highest BCUT2D eigenvalue weighted by Gasteiger charge is 2.28. The quantitative estimate of drug-likeness (QED) is 0.797. The fraction of sp³-hybridized carbons (Fsp3) is 0.455. The van der Waals surface area contributed by atoms with Crippen LogP contribution in [-0.4, -0.2) is 6.18 Å². The number of alkyl halides is 3. The zero-order valence-corrected chi connectivity index (χ0v) is 8.81. The van der Waals surface area contributed by atoms with Crippen LogP contribution in [0, 0.1) is 12.7 Å². The van der Waals surface area contributed by atoms with Gasteiger partial charge in [-0.2, -0.15) is 13.2 Å². The Kier molecular flexibility index (Phi) is 3.91. The number of hydrogen-bond acceptors (Lipinski definition) is 1. The molecule has 0 aliphatic heterocycles. The van der Waals surface area contributed by atoms with Crippen LogP contribution in [-0.2, 0) is 0 Å². The van der Waals surface area contributed by atoms with Gasteiger partial charge in [-0.3, -0.25) is 0 Å². The maximum atomic E-state index is 12.9. The molecule has 1 rings (SSSR count). The molecule has 0 aliphatic rings. The van der Waals surface area contributed by atoms with Crippen molar-refractivity contribution in [2.75, 3.05) is 0 Å². The van der Waals surface area contributed by atoms with Gasteiger partial charge in [0.2, 0.25) is 0 Å². The molecule has 0 heterocycles. The summed E-state index contributed by atoms with van der Waals surface area (Å²) in [7, 11) is 0. The molecule has 0 saturated heterocycles. The molecule has 0 aliphatic carbocycles. The van der Waals surface area contributed by atoms with Crippen molar-refractivity contribution in [1.82, 2.24) is 0 Å². The van der Waals surface area contributed by atoms with Gasteiger partial charge in [0.05, 0.1) is 0 Å². The van der Waals surface area contributed by atoms with Gasteiger partial charge in [0.1, 0.15) is 5.82 Å². The Morgan fingerprint density at radius 2 is 1.94 bits per heavy atom. The molecule has 1 aromatic rings. The summed E-state index contributed by atoms with van der Waals surface area (Å²) >= 11 is 0. The van der Waals surface area contributed by atoms with Crippen molar-refractivity contribution in [2.45, 2.75) is 32.0 Å². The molecule has 0 unspecified atom stereocenters. The fourth-order valence-corrected chi connectivity index (χ4v) is 1.49. The first-order chi connectivity index (χ1) is 7.29. The smallest absolute Gasteiger partial charge is 0.324 e. The average Bonchev–Trinajstić information content (AvgIpc) is 2.17. The van der Waals surface area contributed by atoms with Crippen LogP contribution < -0.4 is 5.73 Å². The highest BCUT2D eigenvalue weighted by molar-refractivity contribution is 5.29. The highest BCUT2D eigenvalue weighted by Crippen LogP contribution is 2.27. The predicted octanol–water partition coefficient (Wildman–Crippen LogP) is 3.48. The minimum atomic E-state index is -4.22. The van der Waals surface area contributed by atoms with E-state index in [1.165, 1.54) is 18.2 Å². The largest absolute Gasteiger partial charge is 0.389 e. The number of benzene rings is 1. The number of rotatable bonds is 3. The van der Waals surface area contributed by atoms with Gasteiger partial charge in [0, 0.05) is 12.5 Å². The van der Waals surface area contributed by atoms with Gasteiger partial charge < -0.3 is 5.73 Å². The molecule has 5 heteroatoms. The zero-order chi connectivity index (χ0) is 12.3. The van der Waals surface area contributed by atoms with Crippen LogP contribution in [0.15, 0.2) is 18.2 Å². The molecule has 1 nitrogen and oxygen atoms in total. The molecule has 16 heavy (non-hydrogen) atoms. The van der Waals surface area contributed by atoms with Crippen molar-refractivity contribution in [3.63, 3.8) is 0 Å². The van der Waals surface area contributed by atoms with Crippen LogP contribution in [0.2, 0.25) is 0 Å². The minimum absolute atomic E-state index is 0.228. The van der Waals surface area contributed by atoms with E-state index in [1.807, 2.05) is 0 Å². The molecule has 2 N–H and O–H groups in total. The van der Waals surface area contributed by atoms with Gasteiger partial charge in [-0.15, -0.1) is 0 Å². The van der Waals surface area contributed by atoms with E-state index in [2.05, 4.69) is 0 Å². The van der Waals surface area contributed by atoms with Crippen LogP contribution >= 0.6 is 0 Å². The van der Waals surface area contributed by atoms with Gasteiger partial charge in [0.15, 0.2) is 0 Å². The van der Waals surface area contributed by atoms with Gasteiger partial charge in [-0.05, 0) is 36.6 Å². The third-order valence-corrected chi connectivity index (χ3v) is 2.38. The lowest BCUT2D eigenvalue weighted by atomic mass is 9.98. The Morgan fingerprint density at radius 3 is 2.50 bits per heavy atom. The Hall–Kier alpha value is -1.10.